The Hall–Kier alpha value is -1.11. The van der Waals surface area contributed by atoms with Gasteiger partial charge in [0.15, 0.2) is 0 Å². The molecule has 0 spiro atoms. The molecule has 6 bridgehead atoms. The molecule has 2 N–H and O–H groups in total. The van der Waals surface area contributed by atoms with Gasteiger partial charge in [-0.15, -0.1) is 24.8 Å². The standard InChI is InChI=1S/C20H26N4O2.2ClH/c25-17-16(18(26)24-10-14-4-15(24)8-21-14)9-22-19(23-17)20-5-11-1-12(6-20)3-13(2-11)7-20;;/h9,11-15,21H,1-8,10H2,(H,22,23,25);2*1H/t11?,12?,13?,14-,15-,20?;;/m0../s1. The molecule has 6 aliphatic rings. The molecule has 1 aromatic rings. The lowest BCUT2D eigenvalue weighted by Gasteiger charge is -2.56. The number of carbonyl (C=O) groups is 1. The zero-order valence-corrected chi connectivity index (χ0v) is 17.5. The number of amides is 1. The second-order valence-electron chi connectivity index (χ2n) is 9.62. The highest BCUT2D eigenvalue weighted by molar-refractivity contribution is 5.94. The smallest absolute Gasteiger partial charge is 0.263 e. The van der Waals surface area contributed by atoms with Gasteiger partial charge in [0.1, 0.15) is 11.4 Å². The minimum Gasteiger partial charge on any atom is -0.333 e. The van der Waals surface area contributed by atoms with E-state index in [9.17, 15) is 9.59 Å². The summed E-state index contributed by atoms with van der Waals surface area (Å²) in [6.45, 7) is 1.55. The van der Waals surface area contributed by atoms with E-state index in [2.05, 4.69) is 15.3 Å². The first-order valence-electron chi connectivity index (χ1n) is 10.2. The molecule has 1 aromatic heterocycles. The van der Waals surface area contributed by atoms with Gasteiger partial charge in [0, 0.05) is 36.8 Å². The van der Waals surface area contributed by atoms with Crippen molar-refractivity contribution in [2.75, 3.05) is 13.1 Å². The number of rotatable bonds is 2. The molecule has 1 amide bonds. The summed E-state index contributed by atoms with van der Waals surface area (Å²) in [6.07, 6.45) is 10.2. The van der Waals surface area contributed by atoms with E-state index in [-0.39, 0.29) is 53.3 Å². The second-order valence-corrected chi connectivity index (χ2v) is 9.62. The number of H-pyrrole nitrogens is 1. The van der Waals surface area contributed by atoms with Crippen LogP contribution in [0.25, 0.3) is 0 Å². The van der Waals surface area contributed by atoms with Crippen LogP contribution in [-0.2, 0) is 5.41 Å². The molecule has 6 nitrogen and oxygen atoms in total. The summed E-state index contributed by atoms with van der Waals surface area (Å²) >= 11 is 0. The van der Waals surface area contributed by atoms with Gasteiger partial charge in [-0.3, -0.25) is 9.59 Å². The number of likely N-dealkylation sites (tertiary alicyclic amines) is 1. The topological polar surface area (TPSA) is 78.1 Å². The van der Waals surface area contributed by atoms with Crippen molar-refractivity contribution in [1.29, 1.82) is 0 Å². The summed E-state index contributed by atoms with van der Waals surface area (Å²) in [5, 5.41) is 3.39. The molecule has 0 radical (unpaired) electrons. The third-order valence-electron chi connectivity index (χ3n) is 7.89. The van der Waals surface area contributed by atoms with Crippen molar-refractivity contribution in [2.45, 2.75) is 62.4 Å². The van der Waals surface area contributed by atoms with Gasteiger partial charge in [0.25, 0.3) is 11.5 Å². The highest BCUT2D eigenvalue weighted by Gasteiger charge is 2.53. The van der Waals surface area contributed by atoms with Gasteiger partial charge in [-0.1, -0.05) is 0 Å². The van der Waals surface area contributed by atoms with E-state index < -0.39 is 0 Å². The van der Waals surface area contributed by atoms with Crippen molar-refractivity contribution in [3.05, 3.63) is 27.9 Å². The fourth-order valence-corrected chi connectivity index (χ4v) is 7.18. The highest BCUT2D eigenvalue weighted by Crippen LogP contribution is 2.59. The van der Waals surface area contributed by atoms with Crippen LogP contribution in [0.3, 0.4) is 0 Å². The number of nitrogens with one attached hydrogen (secondary N) is 2. The third kappa shape index (κ3) is 2.91. The maximum atomic E-state index is 12.9. The minimum absolute atomic E-state index is 0. The van der Waals surface area contributed by atoms with Gasteiger partial charge >= 0.3 is 0 Å². The largest absolute Gasteiger partial charge is 0.333 e. The molecule has 0 aromatic carbocycles. The van der Waals surface area contributed by atoms with E-state index in [1.807, 2.05) is 4.90 Å². The monoisotopic (exact) mass is 426 g/mol. The summed E-state index contributed by atoms with van der Waals surface area (Å²) in [6, 6.07) is 0.622. The molecule has 2 aliphatic heterocycles. The van der Waals surface area contributed by atoms with Crippen LogP contribution in [0.5, 0.6) is 0 Å². The number of hydrogen-bond donors (Lipinski definition) is 2. The molecule has 0 unspecified atom stereocenters. The van der Waals surface area contributed by atoms with Crippen molar-refractivity contribution in [1.82, 2.24) is 20.2 Å². The number of halogens is 2. The van der Waals surface area contributed by atoms with Crippen LogP contribution in [0, 0.1) is 17.8 Å². The fraction of sp³-hybridized carbons (Fsp3) is 0.750. The Morgan fingerprint density at radius 3 is 2.21 bits per heavy atom. The number of aromatic amines is 1. The van der Waals surface area contributed by atoms with E-state index in [0.717, 1.165) is 55.8 Å². The maximum Gasteiger partial charge on any atom is 0.263 e. The van der Waals surface area contributed by atoms with Gasteiger partial charge in [0.2, 0.25) is 0 Å². The Labute approximate surface area is 177 Å². The Kier molecular flexibility index (Phi) is 5.04. The van der Waals surface area contributed by atoms with Gasteiger partial charge in [0.05, 0.1) is 0 Å². The lowest BCUT2D eigenvalue weighted by Crippen LogP contribution is -2.50. The van der Waals surface area contributed by atoms with Crippen LogP contribution in [-0.4, -0.2) is 45.9 Å². The average molecular weight is 427 g/mol. The first-order valence-corrected chi connectivity index (χ1v) is 10.2. The number of piperazine rings is 1. The van der Waals surface area contributed by atoms with Crippen LogP contribution < -0.4 is 10.9 Å². The first kappa shape index (κ1) is 20.2. The Bertz CT molecular complexity index is 806. The van der Waals surface area contributed by atoms with Crippen LogP contribution in [0.1, 0.15) is 61.1 Å². The number of nitrogens with zero attached hydrogens (tertiary/aromatic N) is 2. The summed E-state index contributed by atoms with van der Waals surface area (Å²) in [7, 11) is 0. The maximum absolute atomic E-state index is 12.9. The van der Waals surface area contributed by atoms with Gasteiger partial charge in [-0.05, 0) is 62.7 Å². The van der Waals surface area contributed by atoms with Crippen LogP contribution in [0.4, 0.5) is 0 Å². The van der Waals surface area contributed by atoms with Crippen molar-refractivity contribution in [3.8, 4) is 0 Å². The van der Waals surface area contributed by atoms with Crippen LogP contribution in [0.15, 0.2) is 11.0 Å². The molecule has 4 saturated carbocycles. The molecule has 2 atom stereocenters. The van der Waals surface area contributed by atoms with E-state index in [1.54, 1.807) is 6.20 Å². The van der Waals surface area contributed by atoms with E-state index in [4.69, 9.17) is 0 Å². The van der Waals surface area contributed by atoms with Crippen molar-refractivity contribution in [2.24, 2.45) is 17.8 Å². The molecule has 28 heavy (non-hydrogen) atoms. The number of hydrogen-bond acceptors (Lipinski definition) is 4. The summed E-state index contributed by atoms with van der Waals surface area (Å²) in [5.74, 6) is 3.12. The minimum atomic E-state index is -0.244. The lowest BCUT2D eigenvalue weighted by molar-refractivity contribution is -0.00955. The van der Waals surface area contributed by atoms with Crippen molar-refractivity contribution < 1.29 is 4.79 Å². The highest BCUT2D eigenvalue weighted by atomic mass is 35.5. The summed E-state index contributed by atoms with van der Waals surface area (Å²) in [5.41, 5.74) is 0.0315. The van der Waals surface area contributed by atoms with Gasteiger partial charge in [-0.2, -0.15) is 0 Å². The Balaban J connectivity index is 0.000000961. The Morgan fingerprint density at radius 1 is 1.07 bits per heavy atom. The van der Waals surface area contributed by atoms with E-state index in [0.29, 0.717) is 12.6 Å². The average Bonchev–Trinajstić information content (AvgIpc) is 3.23. The van der Waals surface area contributed by atoms with Gasteiger partial charge in [-0.25, -0.2) is 4.98 Å². The number of carbonyl (C=O) groups excluding carboxylic acids is 1. The molecule has 154 valence electrons. The summed E-state index contributed by atoms with van der Waals surface area (Å²) in [4.78, 5) is 35.2. The molecule has 6 fully saturated rings. The van der Waals surface area contributed by atoms with Crippen molar-refractivity contribution >= 4 is 30.7 Å². The predicted octanol–water partition coefficient (Wildman–Crippen LogP) is 2.27. The lowest BCUT2D eigenvalue weighted by atomic mass is 9.49. The zero-order valence-electron chi connectivity index (χ0n) is 15.9. The predicted molar refractivity (Wildman–Crippen MR) is 110 cm³/mol. The Morgan fingerprint density at radius 2 is 1.71 bits per heavy atom. The third-order valence-corrected chi connectivity index (χ3v) is 7.89. The first-order chi connectivity index (χ1) is 12.6. The fourth-order valence-electron chi connectivity index (χ4n) is 7.18. The second kappa shape index (κ2) is 6.99. The van der Waals surface area contributed by atoms with E-state index in [1.165, 1.54) is 19.3 Å². The molecule has 4 aliphatic carbocycles. The quantitative estimate of drug-likeness (QED) is 0.759. The van der Waals surface area contributed by atoms with Crippen LogP contribution >= 0.6 is 24.8 Å². The molecular weight excluding hydrogens is 399 g/mol. The zero-order chi connectivity index (χ0) is 17.5. The van der Waals surface area contributed by atoms with E-state index >= 15 is 0 Å². The normalized spacial score (nSPS) is 39.6. The number of fused-ring (bicyclic) bond motifs is 2. The molecule has 3 heterocycles. The SMILES string of the molecule is Cl.Cl.O=C(c1cnc(C23CC4CC(CC(C4)C2)C3)[nH]c1=O)N1C[C@@H]2C[C@H]1CN2. The molecule has 8 heteroatoms. The molecular formula is C20H28Cl2N4O2. The molecule has 7 rings (SSSR count). The van der Waals surface area contributed by atoms with Crippen LogP contribution in [0.2, 0.25) is 0 Å². The summed E-state index contributed by atoms with van der Waals surface area (Å²) < 4.78 is 0. The van der Waals surface area contributed by atoms with Gasteiger partial charge < -0.3 is 15.2 Å². The van der Waals surface area contributed by atoms with Crippen molar-refractivity contribution in [3.63, 3.8) is 0 Å². The number of aromatic nitrogens is 2. The molecule has 2 saturated heterocycles.